The lowest BCUT2D eigenvalue weighted by Gasteiger charge is -2.30. The lowest BCUT2D eigenvalue weighted by Crippen LogP contribution is -2.36. The molecule has 3 aromatic rings. The van der Waals surface area contributed by atoms with Gasteiger partial charge >= 0.3 is 0 Å². The third-order valence-electron chi connectivity index (χ3n) is 4.40. The molecule has 1 fully saturated rings. The second-order valence-corrected chi connectivity index (χ2v) is 7.73. The highest BCUT2D eigenvalue weighted by molar-refractivity contribution is 7.92. The third-order valence-corrected chi connectivity index (χ3v) is 5.78. The van der Waals surface area contributed by atoms with E-state index in [2.05, 4.69) is 14.6 Å². The van der Waals surface area contributed by atoms with E-state index in [1.54, 1.807) is 42.6 Å². The van der Waals surface area contributed by atoms with Crippen molar-refractivity contribution in [1.82, 2.24) is 4.98 Å². The van der Waals surface area contributed by atoms with Gasteiger partial charge in [0.15, 0.2) is 0 Å². The molecule has 0 atom stereocenters. The second-order valence-electron chi connectivity index (χ2n) is 6.05. The van der Waals surface area contributed by atoms with Gasteiger partial charge in [-0.1, -0.05) is 18.2 Å². The molecule has 0 spiro atoms. The molecule has 1 aliphatic rings. The van der Waals surface area contributed by atoms with E-state index >= 15 is 0 Å². The first-order valence-electron chi connectivity index (χ1n) is 8.43. The van der Waals surface area contributed by atoms with E-state index in [1.807, 2.05) is 18.2 Å². The number of benzene rings is 2. The molecule has 0 unspecified atom stereocenters. The molecule has 134 valence electrons. The van der Waals surface area contributed by atoms with E-state index < -0.39 is 10.0 Å². The van der Waals surface area contributed by atoms with Crippen LogP contribution in [0.4, 0.5) is 11.4 Å². The summed E-state index contributed by atoms with van der Waals surface area (Å²) >= 11 is 0. The van der Waals surface area contributed by atoms with Crippen molar-refractivity contribution in [2.24, 2.45) is 0 Å². The normalized spacial score (nSPS) is 15.2. The first-order chi connectivity index (χ1) is 12.6. The molecule has 0 amide bonds. The van der Waals surface area contributed by atoms with Gasteiger partial charge in [-0.25, -0.2) is 8.42 Å². The van der Waals surface area contributed by atoms with Crippen molar-refractivity contribution in [3.05, 3.63) is 60.8 Å². The number of fused-ring (bicyclic) bond motifs is 1. The summed E-state index contributed by atoms with van der Waals surface area (Å²) in [7, 11) is -3.67. The molecule has 26 heavy (non-hydrogen) atoms. The number of rotatable bonds is 4. The molecule has 0 aliphatic carbocycles. The van der Waals surface area contributed by atoms with Gasteiger partial charge < -0.3 is 9.64 Å². The van der Waals surface area contributed by atoms with Gasteiger partial charge in [0, 0.05) is 30.4 Å². The smallest absolute Gasteiger partial charge is 0.261 e. The number of anilines is 2. The first kappa shape index (κ1) is 16.8. The Morgan fingerprint density at radius 1 is 0.962 bits per heavy atom. The van der Waals surface area contributed by atoms with Gasteiger partial charge in [-0.15, -0.1) is 0 Å². The van der Waals surface area contributed by atoms with Crippen molar-refractivity contribution >= 4 is 32.3 Å². The number of nitrogens with one attached hydrogen (secondary N) is 1. The van der Waals surface area contributed by atoms with Gasteiger partial charge in [0.05, 0.1) is 29.3 Å². The Labute approximate surface area is 152 Å². The second kappa shape index (κ2) is 6.93. The van der Waals surface area contributed by atoms with E-state index in [9.17, 15) is 8.42 Å². The molecule has 0 radical (unpaired) electrons. The number of aromatic nitrogens is 1. The molecule has 2 heterocycles. The molecular formula is C19H19N3O3S. The van der Waals surface area contributed by atoms with Gasteiger partial charge in [-0.2, -0.15) is 0 Å². The number of nitrogens with zero attached hydrogens (tertiary/aromatic N) is 2. The lowest BCUT2D eigenvalue weighted by atomic mass is 10.1. The van der Waals surface area contributed by atoms with Gasteiger partial charge in [0.25, 0.3) is 10.0 Å². The number of sulfonamides is 1. The number of ether oxygens (including phenoxy) is 1. The van der Waals surface area contributed by atoms with Crippen molar-refractivity contribution in [3.63, 3.8) is 0 Å². The standard InChI is InChI=1S/C19H19N3O3S/c23-26(24,15-5-2-1-3-6-15)21-17-8-9-18(22-11-13-25-14-12-22)16-7-4-10-20-19(16)17/h1-10,21H,11-14H2. The molecule has 2 aromatic carbocycles. The fraction of sp³-hybridized carbons (Fsp3) is 0.211. The predicted molar refractivity (Wildman–Crippen MR) is 102 cm³/mol. The van der Waals surface area contributed by atoms with Crippen LogP contribution < -0.4 is 9.62 Å². The highest BCUT2D eigenvalue weighted by Gasteiger charge is 2.19. The van der Waals surface area contributed by atoms with Crippen LogP contribution in [0.25, 0.3) is 10.9 Å². The largest absolute Gasteiger partial charge is 0.378 e. The Bertz CT molecular complexity index is 1020. The van der Waals surface area contributed by atoms with Crippen molar-refractivity contribution in [3.8, 4) is 0 Å². The molecule has 1 aromatic heterocycles. The van der Waals surface area contributed by atoms with Crippen LogP contribution in [0, 0.1) is 0 Å². The van der Waals surface area contributed by atoms with Crippen molar-refractivity contribution < 1.29 is 13.2 Å². The van der Waals surface area contributed by atoms with Crippen LogP contribution in [0.2, 0.25) is 0 Å². The van der Waals surface area contributed by atoms with Gasteiger partial charge in [-0.3, -0.25) is 9.71 Å². The zero-order valence-electron chi connectivity index (χ0n) is 14.1. The Balaban J connectivity index is 1.75. The summed E-state index contributed by atoms with van der Waals surface area (Å²) in [6, 6.07) is 15.9. The molecule has 4 rings (SSSR count). The Morgan fingerprint density at radius 2 is 1.73 bits per heavy atom. The highest BCUT2D eigenvalue weighted by atomic mass is 32.2. The SMILES string of the molecule is O=S(=O)(Nc1ccc(N2CCOCC2)c2cccnc12)c1ccccc1. The molecule has 0 bridgehead atoms. The quantitative estimate of drug-likeness (QED) is 0.766. The van der Waals surface area contributed by atoms with Crippen LogP contribution in [-0.2, 0) is 14.8 Å². The van der Waals surface area contributed by atoms with Gasteiger partial charge in [0.2, 0.25) is 0 Å². The maximum atomic E-state index is 12.7. The van der Waals surface area contributed by atoms with E-state index in [0.29, 0.717) is 24.4 Å². The Morgan fingerprint density at radius 3 is 2.50 bits per heavy atom. The van der Waals surface area contributed by atoms with Gasteiger partial charge in [0.1, 0.15) is 0 Å². The summed E-state index contributed by atoms with van der Waals surface area (Å²) in [5, 5.41) is 0.919. The summed E-state index contributed by atoms with van der Waals surface area (Å²) < 4.78 is 33.4. The van der Waals surface area contributed by atoms with E-state index in [0.717, 1.165) is 24.2 Å². The predicted octanol–water partition coefficient (Wildman–Crippen LogP) is 2.87. The van der Waals surface area contributed by atoms with Crippen molar-refractivity contribution in [2.45, 2.75) is 4.90 Å². The molecule has 1 aliphatic heterocycles. The minimum atomic E-state index is -3.67. The van der Waals surface area contributed by atoms with Crippen LogP contribution in [0.15, 0.2) is 65.7 Å². The number of pyridine rings is 1. The summed E-state index contributed by atoms with van der Waals surface area (Å²) in [6.07, 6.45) is 1.67. The topological polar surface area (TPSA) is 71.5 Å². The minimum absolute atomic E-state index is 0.223. The summed E-state index contributed by atoms with van der Waals surface area (Å²) in [4.78, 5) is 6.89. The van der Waals surface area contributed by atoms with Crippen LogP contribution in [0.1, 0.15) is 0 Å². The molecule has 1 N–H and O–H groups in total. The van der Waals surface area contributed by atoms with Crippen LogP contribution in [-0.4, -0.2) is 39.7 Å². The van der Waals surface area contributed by atoms with Gasteiger partial charge in [-0.05, 0) is 36.4 Å². The summed E-state index contributed by atoms with van der Waals surface area (Å²) in [5.74, 6) is 0. The summed E-state index contributed by atoms with van der Waals surface area (Å²) in [6.45, 7) is 2.98. The van der Waals surface area contributed by atoms with E-state index in [-0.39, 0.29) is 4.90 Å². The van der Waals surface area contributed by atoms with Crippen LogP contribution in [0.5, 0.6) is 0 Å². The average Bonchev–Trinajstić information content (AvgIpc) is 2.69. The molecule has 1 saturated heterocycles. The number of hydrogen-bond acceptors (Lipinski definition) is 5. The molecular weight excluding hydrogens is 350 g/mol. The Hall–Kier alpha value is -2.64. The fourth-order valence-electron chi connectivity index (χ4n) is 3.12. The average molecular weight is 369 g/mol. The minimum Gasteiger partial charge on any atom is -0.378 e. The van der Waals surface area contributed by atoms with E-state index in [1.165, 1.54) is 0 Å². The molecule has 0 saturated carbocycles. The zero-order chi connectivity index (χ0) is 18.0. The maximum Gasteiger partial charge on any atom is 0.261 e. The number of hydrogen-bond donors (Lipinski definition) is 1. The monoisotopic (exact) mass is 369 g/mol. The molecule has 6 nitrogen and oxygen atoms in total. The van der Waals surface area contributed by atoms with Crippen molar-refractivity contribution in [1.29, 1.82) is 0 Å². The lowest BCUT2D eigenvalue weighted by molar-refractivity contribution is 0.123. The number of morpholine rings is 1. The summed E-state index contributed by atoms with van der Waals surface area (Å²) in [5.41, 5.74) is 2.15. The van der Waals surface area contributed by atoms with Crippen molar-refractivity contribution in [2.75, 3.05) is 35.9 Å². The molecule has 7 heteroatoms. The van der Waals surface area contributed by atoms with E-state index in [4.69, 9.17) is 4.74 Å². The highest BCUT2D eigenvalue weighted by Crippen LogP contribution is 2.32. The fourth-order valence-corrected chi connectivity index (χ4v) is 4.21. The maximum absolute atomic E-state index is 12.7. The first-order valence-corrected chi connectivity index (χ1v) is 9.92. The van der Waals surface area contributed by atoms with Crippen LogP contribution in [0.3, 0.4) is 0 Å². The zero-order valence-corrected chi connectivity index (χ0v) is 14.9. The van der Waals surface area contributed by atoms with Crippen LogP contribution >= 0.6 is 0 Å². The Kier molecular flexibility index (Phi) is 4.48. The third kappa shape index (κ3) is 3.23.